The fourth-order valence-electron chi connectivity index (χ4n) is 3.02. The molecule has 0 aromatic heterocycles. The summed E-state index contributed by atoms with van der Waals surface area (Å²) >= 11 is 0. The molecule has 0 saturated heterocycles. The number of hydrogen-bond acceptors (Lipinski definition) is 4. The number of aliphatic imine (C=N–C) groups is 4. The van der Waals surface area contributed by atoms with E-state index in [1.54, 1.807) is 28.2 Å². The van der Waals surface area contributed by atoms with E-state index in [-0.39, 0.29) is 0 Å². The summed E-state index contributed by atoms with van der Waals surface area (Å²) < 4.78 is 0. The van der Waals surface area contributed by atoms with E-state index < -0.39 is 0 Å². The van der Waals surface area contributed by atoms with Crippen LogP contribution in [0.3, 0.4) is 0 Å². The van der Waals surface area contributed by atoms with Crippen molar-refractivity contribution in [3.05, 3.63) is 22.3 Å². The molecule has 0 unspecified atom stereocenters. The summed E-state index contributed by atoms with van der Waals surface area (Å²) in [5.74, 6) is 3.58. The zero-order valence-corrected chi connectivity index (χ0v) is 12.2. The van der Waals surface area contributed by atoms with Crippen molar-refractivity contribution in [3.63, 3.8) is 0 Å². The molecule has 0 aromatic rings. The fraction of sp³-hybridized carbons (Fsp3) is 0.429. The lowest BCUT2D eigenvalue weighted by Gasteiger charge is -2.15. The van der Waals surface area contributed by atoms with Crippen LogP contribution in [0.1, 0.15) is 12.8 Å². The summed E-state index contributed by atoms with van der Waals surface area (Å²) in [5, 5.41) is 6.58. The molecule has 20 heavy (non-hydrogen) atoms. The Morgan fingerprint density at radius 3 is 1.25 bits per heavy atom. The van der Waals surface area contributed by atoms with E-state index in [0.717, 1.165) is 47.3 Å². The third-order valence-electron chi connectivity index (χ3n) is 3.89. The summed E-state index contributed by atoms with van der Waals surface area (Å²) in [5.41, 5.74) is 4.71. The minimum atomic E-state index is 0.869. The lowest BCUT2D eigenvalue weighted by Crippen LogP contribution is -2.27. The van der Waals surface area contributed by atoms with Gasteiger partial charge in [0.25, 0.3) is 0 Å². The number of nitrogens with one attached hydrogen (secondary N) is 2. The van der Waals surface area contributed by atoms with Gasteiger partial charge in [-0.15, -0.1) is 0 Å². The second-order valence-corrected chi connectivity index (χ2v) is 4.75. The molecular formula is C14H18N6. The smallest absolute Gasteiger partial charge is 0.134 e. The normalized spacial score (nSPS) is 29.4. The topological polar surface area (TPSA) is 73.5 Å². The first-order valence-corrected chi connectivity index (χ1v) is 6.64. The average molecular weight is 270 g/mol. The molecule has 3 aliphatic rings. The van der Waals surface area contributed by atoms with E-state index in [0.29, 0.717) is 0 Å². The molecule has 0 saturated carbocycles. The molecule has 2 aliphatic heterocycles. The van der Waals surface area contributed by atoms with Crippen LogP contribution in [0, 0.1) is 0 Å². The first-order valence-electron chi connectivity index (χ1n) is 6.64. The highest BCUT2D eigenvalue weighted by atomic mass is 15.1. The van der Waals surface area contributed by atoms with Gasteiger partial charge in [-0.05, 0) is 12.8 Å². The van der Waals surface area contributed by atoms with Crippen LogP contribution in [0.15, 0.2) is 42.3 Å². The second-order valence-electron chi connectivity index (χ2n) is 4.75. The third-order valence-corrected chi connectivity index (χ3v) is 3.89. The molecule has 1 aliphatic carbocycles. The number of amidine groups is 4. The molecule has 0 spiro atoms. The summed E-state index contributed by atoms with van der Waals surface area (Å²) in [6.07, 6.45) is 1.90. The maximum absolute atomic E-state index is 4.36. The Labute approximate surface area is 118 Å². The predicted molar refractivity (Wildman–Crippen MR) is 83.0 cm³/mol. The lowest BCUT2D eigenvalue weighted by molar-refractivity contribution is 0.962. The van der Waals surface area contributed by atoms with Crippen LogP contribution in [0.25, 0.3) is 0 Å². The van der Waals surface area contributed by atoms with Crippen molar-refractivity contribution in [2.24, 2.45) is 20.0 Å². The second kappa shape index (κ2) is 4.70. The summed E-state index contributed by atoms with van der Waals surface area (Å²) in [7, 11) is 7.19. The number of hydrogen-bond donors (Lipinski definition) is 2. The maximum atomic E-state index is 4.36. The number of fused-ring (bicyclic) bond motifs is 1. The Morgan fingerprint density at radius 1 is 0.600 bits per heavy atom. The highest BCUT2D eigenvalue weighted by Crippen LogP contribution is 2.37. The van der Waals surface area contributed by atoms with Gasteiger partial charge in [-0.1, -0.05) is 0 Å². The van der Waals surface area contributed by atoms with Gasteiger partial charge in [0.2, 0.25) is 0 Å². The monoisotopic (exact) mass is 270 g/mol. The van der Waals surface area contributed by atoms with E-state index in [2.05, 4.69) is 30.6 Å². The largest absolute Gasteiger partial charge is 0.325 e. The molecule has 6 nitrogen and oxygen atoms in total. The van der Waals surface area contributed by atoms with Gasteiger partial charge in [-0.3, -0.25) is 20.0 Å². The van der Waals surface area contributed by atoms with Crippen LogP contribution >= 0.6 is 0 Å². The van der Waals surface area contributed by atoms with Crippen molar-refractivity contribution >= 4 is 23.3 Å². The molecule has 0 atom stereocenters. The number of nitrogens with zero attached hydrogens (tertiary/aromatic N) is 4. The van der Waals surface area contributed by atoms with Gasteiger partial charge < -0.3 is 10.6 Å². The maximum Gasteiger partial charge on any atom is 0.134 e. The van der Waals surface area contributed by atoms with Crippen molar-refractivity contribution in [3.8, 4) is 0 Å². The third kappa shape index (κ3) is 1.57. The van der Waals surface area contributed by atoms with Crippen molar-refractivity contribution < 1.29 is 0 Å². The van der Waals surface area contributed by atoms with Crippen LogP contribution in [-0.4, -0.2) is 51.5 Å². The molecule has 3 rings (SSSR count). The van der Waals surface area contributed by atoms with Crippen LogP contribution < -0.4 is 10.6 Å². The van der Waals surface area contributed by atoms with Gasteiger partial charge >= 0.3 is 0 Å². The summed E-state index contributed by atoms with van der Waals surface area (Å²) in [6.45, 7) is 0. The van der Waals surface area contributed by atoms with Gasteiger partial charge in [-0.2, -0.15) is 0 Å². The minimum Gasteiger partial charge on any atom is -0.325 e. The van der Waals surface area contributed by atoms with Crippen LogP contribution in [0.2, 0.25) is 0 Å². The van der Waals surface area contributed by atoms with Crippen molar-refractivity contribution in [2.45, 2.75) is 12.8 Å². The van der Waals surface area contributed by atoms with Crippen LogP contribution in [0.4, 0.5) is 0 Å². The van der Waals surface area contributed by atoms with E-state index in [1.807, 2.05) is 0 Å². The van der Waals surface area contributed by atoms with E-state index >= 15 is 0 Å². The molecule has 2 heterocycles. The highest BCUT2D eigenvalue weighted by molar-refractivity contribution is 6.35. The predicted octanol–water partition coefficient (Wildman–Crippen LogP) is 0.693. The van der Waals surface area contributed by atoms with Gasteiger partial charge in [0.05, 0.1) is 0 Å². The van der Waals surface area contributed by atoms with Gasteiger partial charge in [0.15, 0.2) is 0 Å². The Morgan fingerprint density at radius 2 is 0.950 bits per heavy atom. The van der Waals surface area contributed by atoms with E-state index in [4.69, 9.17) is 0 Å². The first kappa shape index (κ1) is 12.8. The number of rotatable bonds is 0. The Balaban J connectivity index is 2.26. The summed E-state index contributed by atoms with van der Waals surface area (Å²) in [4.78, 5) is 17.4. The van der Waals surface area contributed by atoms with E-state index in [1.165, 1.54) is 11.1 Å². The molecule has 0 amide bonds. The molecule has 0 bridgehead atoms. The summed E-state index contributed by atoms with van der Waals surface area (Å²) in [6, 6.07) is 0. The quantitative estimate of drug-likeness (QED) is 0.680. The molecule has 0 fully saturated rings. The average Bonchev–Trinajstić information content (AvgIpc) is 3.04. The Hall–Kier alpha value is -2.24. The van der Waals surface area contributed by atoms with Crippen molar-refractivity contribution in [1.82, 2.24) is 10.6 Å². The molecule has 0 aromatic carbocycles. The molecule has 6 heteroatoms. The molecule has 2 N–H and O–H groups in total. The fourth-order valence-corrected chi connectivity index (χ4v) is 3.02. The zero-order valence-electron chi connectivity index (χ0n) is 12.2. The lowest BCUT2D eigenvalue weighted by atomic mass is 9.87. The Bertz CT molecular complexity index is 599. The standard InChI is InChI=1S/C14H18N6/c1-15-11-7-5-6-8-10(9(7)13(17-3)19-11)14(18-4)20-12(8)16-2/h5-6H2,1-4H3,(H,15,17,19)(H,16,18,20). The van der Waals surface area contributed by atoms with Crippen LogP contribution in [-0.2, 0) is 0 Å². The zero-order chi connectivity index (χ0) is 14.3. The molecular weight excluding hydrogens is 252 g/mol. The molecule has 0 radical (unpaired) electrons. The van der Waals surface area contributed by atoms with E-state index in [9.17, 15) is 0 Å². The van der Waals surface area contributed by atoms with Crippen molar-refractivity contribution in [2.75, 3.05) is 28.2 Å². The highest BCUT2D eigenvalue weighted by Gasteiger charge is 2.39. The first-order chi connectivity index (χ1) is 9.74. The Kier molecular flexibility index (Phi) is 3.00. The van der Waals surface area contributed by atoms with Gasteiger partial charge in [-0.25, -0.2) is 0 Å². The SMILES string of the molecule is CN=C1NC(=NC)C2=C1CCC1=C2C(=NC)NC1=NC. The van der Waals surface area contributed by atoms with Crippen molar-refractivity contribution in [1.29, 1.82) is 0 Å². The molecule has 104 valence electrons. The van der Waals surface area contributed by atoms with Crippen LogP contribution in [0.5, 0.6) is 0 Å². The van der Waals surface area contributed by atoms with Gasteiger partial charge in [0.1, 0.15) is 23.3 Å². The minimum absolute atomic E-state index is 0.869. The van der Waals surface area contributed by atoms with Gasteiger partial charge in [0, 0.05) is 50.5 Å².